The van der Waals surface area contributed by atoms with E-state index in [-0.39, 0.29) is 0 Å². The van der Waals surface area contributed by atoms with Crippen molar-refractivity contribution >= 4 is 11.9 Å². The Labute approximate surface area is 123 Å². The maximum Gasteiger partial charge on any atom is 0.145 e. The lowest BCUT2D eigenvalue weighted by Gasteiger charge is -2.28. The molecule has 1 saturated carbocycles. The minimum Gasteiger partial charge on any atom is -0.488 e. The monoisotopic (exact) mass is 273 g/mol. The van der Waals surface area contributed by atoms with E-state index in [9.17, 15) is 0 Å². The fourth-order valence-electron chi connectivity index (χ4n) is 2.32. The van der Waals surface area contributed by atoms with Crippen LogP contribution in [0.25, 0.3) is 0 Å². The zero-order valence-corrected chi connectivity index (χ0v) is 13.3. The molecule has 20 heavy (non-hydrogen) atoms. The Morgan fingerprint density at radius 3 is 2.65 bits per heavy atom. The van der Waals surface area contributed by atoms with Crippen molar-refractivity contribution in [3.8, 4) is 5.75 Å². The molecule has 0 bridgehead atoms. The summed E-state index contributed by atoms with van der Waals surface area (Å²) >= 11 is 0. The zero-order chi connectivity index (χ0) is 14.5. The molecule has 1 aromatic rings. The van der Waals surface area contributed by atoms with E-state index >= 15 is 0 Å². The van der Waals surface area contributed by atoms with Gasteiger partial charge in [-0.1, -0.05) is 33.3 Å². The second-order valence-corrected chi connectivity index (χ2v) is 6.11. The molecule has 0 unspecified atom stereocenters. The number of rotatable bonds is 6. The highest BCUT2D eigenvalue weighted by Crippen LogP contribution is 2.37. The molecule has 1 aromatic carbocycles. The van der Waals surface area contributed by atoms with E-state index in [1.807, 2.05) is 6.21 Å². The average molecular weight is 273 g/mol. The molecule has 2 rings (SSSR count). The number of hydrogen-bond donors (Lipinski definition) is 0. The number of hydrogen-bond acceptors (Lipinski definition) is 2. The van der Waals surface area contributed by atoms with Crippen molar-refractivity contribution in [2.75, 3.05) is 0 Å². The molecule has 0 N–H and O–H groups in total. The average Bonchev–Trinajstić information content (AvgIpc) is 2.36. The maximum atomic E-state index is 6.17. The highest BCUT2D eigenvalue weighted by Gasteiger charge is 2.21. The summed E-state index contributed by atoms with van der Waals surface area (Å²) in [6, 6.07) is 4.44. The molecule has 0 spiro atoms. The SMILES string of the molecule is CCC/C=N\c1c(C)cc(C(C)C)cc1OC1CCC1. The molecule has 1 aliphatic carbocycles. The smallest absolute Gasteiger partial charge is 0.145 e. The van der Waals surface area contributed by atoms with E-state index in [2.05, 4.69) is 44.8 Å². The largest absolute Gasteiger partial charge is 0.488 e. The second-order valence-electron chi connectivity index (χ2n) is 6.11. The first-order chi connectivity index (χ1) is 9.61. The molecule has 2 heteroatoms. The third-order valence-corrected chi connectivity index (χ3v) is 3.94. The normalized spacial score (nSPS) is 15.8. The fraction of sp³-hybridized carbons (Fsp3) is 0.611. The van der Waals surface area contributed by atoms with E-state index in [0.717, 1.165) is 24.3 Å². The van der Waals surface area contributed by atoms with Crippen molar-refractivity contribution in [1.82, 2.24) is 0 Å². The predicted octanol–water partition coefficient (Wildman–Crippen LogP) is 5.55. The highest BCUT2D eigenvalue weighted by atomic mass is 16.5. The summed E-state index contributed by atoms with van der Waals surface area (Å²) in [5, 5.41) is 0. The van der Waals surface area contributed by atoms with Gasteiger partial charge in [0, 0.05) is 6.21 Å². The van der Waals surface area contributed by atoms with Crippen LogP contribution in [0.2, 0.25) is 0 Å². The van der Waals surface area contributed by atoms with Gasteiger partial charge in [-0.2, -0.15) is 0 Å². The van der Waals surface area contributed by atoms with Crippen LogP contribution < -0.4 is 4.74 Å². The fourth-order valence-corrected chi connectivity index (χ4v) is 2.32. The standard InChI is InChI=1S/C18H27NO/c1-5-6-10-19-18-14(4)11-15(13(2)3)12-17(18)20-16-8-7-9-16/h10-13,16H,5-9H2,1-4H3/b19-10-. The molecular weight excluding hydrogens is 246 g/mol. The van der Waals surface area contributed by atoms with Crippen molar-refractivity contribution in [3.05, 3.63) is 23.3 Å². The van der Waals surface area contributed by atoms with Gasteiger partial charge in [0.25, 0.3) is 0 Å². The first-order valence-electron chi connectivity index (χ1n) is 7.95. The van der Waals surface area contributed by atoms with E-state index in [4.69, 9.17) is 4.74 Å². The Hall–Kier alpha value is -1.31. The van der Waals surface area contributed by atoms with Crippen molar-refractivity contribution in [3.63, 3.8) is 0 Å². The van der Waals surface area contributed by atoms with Crippen molar-refractivity contribution in [2.45, 2.75) is 71.8 Å². The Morgan fingerprint density at radius 2 is 2.10 bits per heavy atom. The number of aliphatic imine (C=N–C) groups is 1. The first kappa shape index (κ1) is 15.1. The Morgan fingerprint density at radius 1 is 1.35 bits per heavy atom. The van der Waals surface area contributed by atoms with Crippen LogP contribution in [-0.4, -0.2) is 12.3 Å². The number of nitrogens with zero attached hydrogens (tertiary/aromatic N) is 1. The molecule has 110 valence electrons. The van der Waals surface area contributed by atoms with Crippen LogP contribution in [0.4, 0.5) is 5.69 Å². The van der Waals surface area contributed by atoms with Gasteiger partial charge in [-0.25, -0.2) is 0 Å². The van der Waals surface area contributed by atoms with Crippen molar-refractivity contribution < 1.29 is 4.74 Å². The Balaban J connectivity index is 2.30. The van der Waals surface area contributed by atoms with E-state index in [1.54, 1.807) is 0 Å². The van der Waals surface area contributed by atoms with Crippen LogP contribution >= 0.6 is 0 Å². The topological polar surface area (TPSA) is 21.6 Å². The summed E-state index contributed by atoms with van der Waals surface area (Å²) in [6.07, 6.45) is 8.23. The summed E-state index contributed by atoms with van der Waals surface area (Å²) in [4.78, 5) is 4.66. The second kappa shape index (κ2) is 6.92. The first-order valence-corrected chi connectivity index (χ1v) is 7.95. The lowest BCUT2D eigenvalue weighted by Crippen LogP contribution is -2.24. The quantitative estimate of drug-likeness (QED) is 0.622. The minimum atomic E-state index is 0.400. The van der Waals surface area contributed by atoms with Gasteiger partial charge in [-0.15, -0.1) is 0 Å². The maximum absolute atomic E-state index is 6.17. The van der Waals surface area contributed by atoms with Gasteiger partial charge in [-0.05, 0) is 55.7 Å². The van der Waals surface area contributed by atoms with Gasteiger partial charge in [0.2, 0.25) is 0 Å². The molecule has 0 atom stereocenters. The van der Waals surface area contributed by atoms with Crippen LogP contribution in [0, 0.1) is 6.92 Å². The van der Waals surface area contributed by atoms with Crippen LogP contribution in [0.5, 0.6) is 5.75 Å². The van der Waals surface area contributed by atoms with E-state index in [0.29, 0.717) is 12.0 Å². The molecule has 0 amide bonds. The Bertz CT molecular complexity index is 473. The minimum absolute atomic E-state index is 0.400. The van der Waals surface area contributed by atoms with E-state index in [1.165, 1.54) is 30.4 Å². The molecule has 0 radical (unpaired) electrons. The third kappa shape index (κ3) is 3.62. The lowest BCUT2D eigenvalue weighted by atomic mass is 9.95. The van der Waals surface area contributed by atoms with E-state index < -0.39 is 0 Å². The molecule has 2 nitrogen and oxygen atoms in total. The zero-order valence-electron chi connectivity index (χ0n) is 13.3. The van der Waals surface area contributed by atoms with Gasteiger partial charge >= 0.3 is 0 Å². The summed E-state index contributed by atoms with van der Waals surface area (Å²) in [7, 11) is 0. The van der Waals surface area contributed by atoms with Crippen molar-refractivity contribution in [1.29, 1.82) is 0 Å². The van der Waals surface area contributed by atoms with Gasteiger partial charge < -0.3 is 4.74 Å². The van der Waals surface area contributed by atoms with Crippen LogP contribution in [0.15, 0.2) is 17.1 Å². The number of unbranched alkanes of at least 4 members (excludes halogenated alkanes) is 1. The predicted molar refractivity (Wildman–Crippen MR) is 86.6 cm³/mol. The van der Waals surface area contributed by atoms with Gasteiger partial charge in [0.05, 0.1) is 6.10 Å². The van der Waals surface area contributed by atoms with Crippen LogP contribution in [-0.2, 0) is 0 Å². The van der Waals surface area contributed by atoms with Crippen LogP contribution in [0.1, 0.15) is 69.9 Å². The van der Waals surface area contributed by atoms with Crippen LogP contribution in [0.3, 0.4) is 0 Å². The number of ether oxygens (including phenoxy) is 1. The molecular formula is C18H27NO. The molecule has 0 aromatic heterocycles. The molecule has 0 aliphatic heterocycles. The summed E-state index contributed by atoms with van der Waals surface area (Å²) in [5.74, 6) is 1.50. The lowest BCUT2D eigenvalue weighted by molar-refractivity contribution is 0.121. The number of aryl methyl sites for hydroxylation is 1. The van der Waals surface area contributed by atoms with Crippen molar-refractivity contribution in [2.24, 2.45) is 4.99 Å². The molecule has 0 saturated heterocycles. The summed E-state index contributed by atoms with van der Waals surface area (Å²) < 4.78 is 6.17. The Kier molecular flexibility index (Phi) is 5.22. The van der Waals surface area contributed by atoms with Gasteiger partial charge in [0.15, 0.2) is 0 Å². The highest BCUT2D eigenvalue weighted by molar-refractivity contribution is 5.69. The van der Waals surface area contributed by atoms with Gasteiger partial charge in [-0.3, -0.25) is 4.99 Å². The number of benzene rings is 1. The third-order valence-electron chi connectivity index (χ3n) is 3.94. The molecule has 0 heterocycles. The van der Waals surface area contributed by atoms with Gasteiger partial charge in [0.1, 0.15) is 11.4 Å². The summed E-state index contributed by atoms with van der Waals surface area (Å²) in [5.41, 5.74) is 3.58. The molecule has 1 aliphatic rings. The molecule has 1 fully saturated rings. The summed E-state index contributed by atoms with van der Waals surface area (Å²) in [6.45, 7) is 8.76.